The van der Waals surface area contributed by atoms with E-state index in [1.54, 1.807) is 32.4 Å². The molecule has 1 amide bonds. The molecule has 1 aliphatic rings. The van der Waals surface area contributed by atoms with Crippen molar-refractivity contribution < 1.29 is 14.3 Å². The second-order valence-electron chi connectivity index (χ2n) is 5.19. The molecule has 0 saturated heterocycles. The molecule has 0 aliphatic heterocycles. The number of carbonyl (C=O) groups excluding carboxylic acids is 1. The molecule has 0 spiro atoms. The normalized spacial score (nSPS) is 22.1. The van der Waals surface area contributed by atoms with Crippen LogP contribution in [0.2, 0.25) is 0 Å². The summed E-state index contributed by atoms with van der Waals surface area (Å²) in [6.45, 7) is 0. The summed E-state index contributed by atoms with van der Waals surface area (Å²) in [7, 11) is 3.14. The summed E-state index contributed by atoms with van der Waals surface area (Å²) in [5.41, 5.74) is 6.42. The quantitative estimate of drug-likeness (QED) is 0.879. The Kier molecular flexibility index (Phi) is 4.84. The van der Waals surface area contributed by atoms with Gasteiger partial charge in [-0.3, -0.25) is 4.79 Å². The first-order chi connectivity index (χ1) is 9.62. The summed E-state index contributed by atoms with van der Waals surface area (Å²) in [5.74, 6) is 1.13. The van der Waals surface area contributed by atoms with Crippen molar-refractivity contribution in [3.63, 3.8) is 0 Å². The van der Waals surface area contributed by atoms with E-state index in [9.17, 15) is 4.79 Å². The van der Waals surface area contributed by atoms with Crippen molar-refractivity contribution >= 4 is 5.91 Å². The van der Waals surface area contributed by atoms with Gasteiger partial charge in [0.1, 0.15) is 11.5 Å². The largest absolute Gasteiger partial charge is 0.497 e. The zero-order valence-electron chi connectivity index (χ0n) is 12.0. The number of rotatable bonds is 4. The first-order valence-electron chi connectivity index (χ1n) is 6.92. The van der Waals surface area contributed by atoms with Crippen LogP contribution in [0, 0.1) is 0 Å². The van der Waals surface area contributed by atoms with E-state index in [2.05, 4.69) is 5.32 Å². The van der Waals surface area contributed by atoms with Gasteiger partial charge in [0.2, 0.25) is 0 Å². The van der Waals surface area contributed by atoms with E-state index in [0.29, 0.717) is 17.1 Å². The predicted octanol–water partition coefficient (Wildman–Crippen LogP) is 1.70. The molecule has 0 bridgehead atoms. The number of nitrogens with two attached hydrogens (primary N) is 1. The van der Waals surface area contributed by atoms with Gasteiger partial charge in [0.05, 0.1) is 14.2 Å². The number of carbonyl (C=O) groups is 1. The molecular formula is C15H22N2O3. The molecule has 20 heavy (non-hydrogen) atoms. The highest BCUT2D eigenvalue weighted by atomic mass is 16.5. The van der Waals surface area contributed by atoms with Crippen molar-refractivity contribution in [1.82, 2.24) is 5.32 Å². The number of methoxy groups -OCH3 is 2. The second kappa shape index (κ2) is 6.61. The van der Waals surface area contributed by atoms with Crippen LogP contribution in [0.25, 0.3) is 0 Å². The zero-order chi connectivity index (χ0) is 14.5. The number of amides is 1. The molecule has 5 nitrogen and oxygen atoms in total. The molecular weight excluding hydrogens is 256 g/mol. The van der Waals surface area contributed by atoms with Crippen molar-refractivity contribution in [2.24, 2.45) is 5.73 Å². The van der Waals surface area contributed by atoms with Gasteiger partial charge in [0, 0.05) is 23.7 Å². The van der Waals surface area contributed by atoms with E-state index in [1.165, 1.54) is 0 Å². The molecule has 1 saturated carbocycles. The Balaban J connectivity index is 2.04. The van der Waals surface area contributed by atoms with E-state index < -0.39 is 0 Å². The summed E-state index contributed by atoms with van der Waals surface area (Å²) in [6, 6.07) is 5.66. The molecule has 110 valence electrons. The molecule has 1 aromatic rings. The maximum Gasteiger partial charge on any atom is 0.251 e. The first kappa shape index (κ1) is 14.7. The van der Waals surface area contributed by atoms with Crippen LogP contribution in [0.4, 0.5) is 0 Å². The Morgan fingerprint density at radius 3 is 2.15 bits per heavy atom. The third kappa shape index (κ3) is 3.63. The molecule has 1 aliphatic carbocycles. The first-order valence-corrected chi connectivity index (χ1v) is 6.92. The van der Waals surface area contributed by atoms with Crippen molar-refractivity contribution in [2.45, 2.75) is 37.8 Å². The molecule has 0 heterocycles. The minimum atomic E-state index is -0.0947. The fraction of sp³-hybridized carbons (Fsp3) is 0.533. The minimum Gasteiger partial charge on any atom is -0.497 e. The van der Waals surface area contributed by atoms with E-state index in [4.69, 9.17) is 15.2 Å². The van der Waals surface area contributed by atoms with E-state index in [-0.39, 0.29) is 18.0 Å². The molecule has 3 N–H and O–H groups in total. The van der Waals surface area contributed by atoms with Gasteiger partial charge in [-0.25, -0.2) is 0 Å². The van der Waals surface area contributed by atoms with Crippen LogP contribution in [0.3, 0.4) is 0 Å². The molecule has 5 heteroatoms. The van der Waals surface area contributed by atoms with Gasteiger partial charge in [0.15, 0.2) is 0 Å². The van der Waals surface area contributed by atoms with Gasteiger partial charge < -0.3 is 20.5 Å². The highest BCUT2D eigenvalue weighted by molar-refractivity contribution is 5.95. The lowest BCUT2D eigenvalue weighted by atomic mass is 9.91. The van der Waals surface area contributed by atoms with Gasteiger partial charge >= 0.3 is 0 Å². The number of nitrogens with one attached hydrogen (secondary N) is 1. The van der Waals surface area contributed by atoms with Gasteiger partial charge in [0.25, 0.3) is 5.91 Å². The molecule has 0 unspecified atom stereocenters. The van der Waals surface area contributed by atoms with Crippen LogP contribution in [0.1, 0.15) is 36.0 Å². The minimum absolute atomic E-state index is 0.0947. The van der Waals surface area contributed by atoms with E-state index >= 15 is 0 Å². The second-order valence-corrected chi connectivity index (χ2v) is 5.19. The maximum atomic E-state index is 12.3. The van der Waals surface area contributed by atoms with Crippen molar-refractivity contribution in [2.75, 3.05) is 14.2 Å². The Morgan fingerprint density at radius 2 is 1.65 bits per heavy atom. The van der Waals surface area contributed by atoms with Crippen LogP contribution < -0.4 is 20.5 Å². The molecule has 1 aromatic carbocycles. The van der Waals surface area contributed by atoms with Gasteiger partial charge in [-0.2, -0.15) is 0 Å². The van der Waals surface area contributed by atoms with Gasteiger partial charge in [-0.1, -0.05) is 0 Å². The fourth-order valence-corrected chi connectivity index (χ4v) is 2.47. The fourth-order valence-electron chi connectivity index (χ4n) is 2.47. The number of hydrogen-bond donors (Lipinski definition) is 2. The average molecular weight is 278 g/mol. The van der Waals surface area contributed by atoms with Crippen LogP contribution in [-0.4, -0.2) is 32.2 Å². The molecule has 0 aromatic heterocycles. The number of hydrogen-bond acceptors (Lipinski definition) is 4. The average Bonchev–Trinajstić information content (AvgIpc) is 2.48. The lowest BCUT2D eigenvalue weighted by molar-refractivity contribution is 0.0925. The highest BCUT2D eigenvalue weighted by Gasteiger charge is 2.21. The smallest absolute Gasteiger partial charge is 0.251 e. The molecule has 0 radical (unpaired) electrons. The Hall–Kier alpha value is -1.75. The van der Waals surface area contributed by atoms with Crippen LogP contribution in [0.15, 0.2) is 18.2 Å². The zero-order valence-corrected chi connectivity index (χ0v) is 12.0. The third-order valence-electron chi connectivity index (χ3n) is 3.72. The standard InChI is InChI=1S/C15H22N2O3/c1-19-13-7-10(8-14(9-13)20-2)15(18)17-12-5-3-11(16)4-6-12/h7-9,11-12H,3-6,16H2,1-2H3,(H,17,18). The van der Waals surface area contributed by atoms with Crippen molar-refractivity contribution in [1.29, 1.82) is 0 Å². The Morgan fingerprint density at radius 1 is 1.10 bits per heavy atom. The predicted molar refractivity (Wildman–Crippen MR) is 77.2 cm³/mol. The van der Waals surface area contributed by atoms with Gasteiger partial charge in [-0.15, -0.1) is 0 Å². The molecule has 2 rings (SSSR count). The summed E-state index contributed by atoms with van der Waals surface area (Å²) in [4.78, 5) is 12.3. The van der Waals surface area contributed by atoms with E-state index in [0.717, 1.165) is 25.7 Å². The Labute approximate surface area is 119 Å². The van der Waals surface area contributed by atoms with Crippen LogP contribution in [0.5, 0.6) is 11.5 Å². The van der Waals surface area contributed by atoms with Crippen molar-refractivity contribution in [3.05, 3.63) is 23.8 Å². The summed E-state index contributed by atoms with van der Waals surface area (Å²) >= 11 is 0. The SMILES string of the molecule is COc1cc(OC)cc(C(=O)NC2CCC(N)CC2)c1. The maximum absolute atomic E-state index is 12.3. The molecule has 0 atom stereocenters. The topological polar surface area (TPSA) is 73.6 Å². The number of benzene rings is 1. The van der Waals surface area contributed by atoms with Crippen molar-refractivity contribution in [3.8, 4) is 11.5 Å². The molecule has 1 fully saturated rings. The van der Waals surface area contributed by atoms with E-state index in [1.807, 2.05) is 0 Å². The van der Waals surface area contributed by atoms with Crippen LogP contribution >= 0.6 is 0 Å². The third-order valence-corrected chi connectivity index (χ3v) is 3.72. The summed E-state index contributed by atoms with van der Waals surface area (Å²) in [5, 5.41) is 3.05. The monoisotopic (exact) mass is 278 g/mol. The lowest BCUT2D eigenvalue weighted by Crippen LogP contribution is -2.40. The lowest BCUT2D eigenvalue weighted by Gasteiger charge is -2.26. The Bertz CT molecular complexity index is 446. The van der Waals surface area contributed by atoms with Gasteiger partial charge in [-0.05, 0) is 37.8 Å². The number of ether oxygens (including phenoxy) is 2. The highest BCUT2D eigenvalue weighted by Crippen LogP contribution is 2.23. The van der Waals surface area contributed by atoms with Crippen LogP contribution in [-0.2, 0) is 0 Å². The summed E-state index contributed by atoms with van der Waals surface area (Å²) in [6.07, 6.45) is 3.81. The summed E-state index contributed by atoms with van der Waals surface area (Å²) < 4.78 is 10.4.